The zero-order valence-corrected chi connectivity index (χ0v) is 15.4. The predicted octanol–water partition coefficient (Wildman–Crippen LogP) is 4.71. The van der Waals surface area contributed by atoms with E-state index in [4.69, 9.17) is 0 Å². The number of nitrogens with one attached hydrogen (secondary N) is 2. The number of aryl methyl sites for hydroxylation is 4. The molecule has 5 heteroatoms. The van der Waals surface area contributed by atoms with Crippen molar-refractivity contribution in [2.24, 2.45) is 0 Å². The molecule has 0 spiro atoms. The van der Waals surface area contributed by atoms with Crippen molar-refractivity contribution in [3.8, 4) is 0 Å². The maximum absolute atomic E-state index is 12.6. The van der Waals surface area contributed by atoms with E-state index in [9.17, 15) is 4.79 Å². The Hall–Kier alpha value is -3.21. The number of hydrogen-bond donors (Lipinski definition) is 2. The average Bonchev–Trinajstić information content (AvgIpc) is 2.61. The second-order valence-corrected chi connectivity index (χ2v) is 6.43. The Balaban J connectivity index is 1.83. The van der Waals surface area contributed by atoms with Crippen LogP contribution in [0.2, 0.25) is 0 Å². The summed E-state index contributed by atoms with van der Waals surface area (Å²) < 4.78 is 0. The van der Waals surface area contributed by atoms with Gasteiger partial charge in [0.1, 0.15) is 5.69 Å². The van der Waals surface area contributed by atoms with E-state index in [1.54, 1.807) is 12.3 Å². The second-order valence-electron chi connectivity index (χ2n) is 6.43. The first kappa shape index (κ1) is 17.6. The highest BCUT2D eigenvalue weighted by molar-refractivity contribution is 6.03. The molecule has 0 aliphatic carbocycles. The molecule has 0 aliphatic heterocycles. The number of nitrogens with zero attached hydrogens (tertiary/aromatic N) is 2. The summed E-state index contributed by atoms with van der Waals surface area (Å²) in [6.45, 7) is 7.98. The molecule has 0 unspecified atom stereocenters. The fourth-order valence-electron chi connectivity index (χ4n) is 2.73. The third kappa shape index (κ3) is 3.88. The summed E-state index contributed by atoms with van der Waals surface area (Å²) in [4.78, 5) is 21.2. The van der Waals surface area contributed by atoms with E-state index >= 15 is 0 Å². The minimum absolute atomic E-state index is 0.256. The lowest BCUT2D eigenvalue weighted by atomic mass is 10.1. The van der Waals surface area contributed by atoms with Gasteiger partial charge in [-0.3, -0.25) is 4.79 Å². The number of benzene rings is 2. The molecule has 1 heterocycles. The first-order chi connectivity index (χ1) is 12.4. The first-order valence-electron chi connectivity index (χ1n) is 8.49. The van der Waals surface area contributed by atoms with Gasteiger partial charge in [-0.15, -0.1) is 0 Å². The van der Waals surface area contributed by atoms with Gasteiger partial charge in [-0.25, -0.2) is 9.97 Å². The average molecular weight is 346 g/mol. The highest BCUT2D eigenvalue weighted by Gasteiger charge is 2.12. The van der Waals surface area contributed by atoms with E-state index in [2.05, 4.69) is 26.7 Å². The number of carbonyl (C=O) groups excluding carboxylic acids is 1. The maximum atomic E-state index is 12.6. The van der Waals surface area contributed by atoms with E-state index < -0.39 is 0 Å². The van der Waals surface area contributed by atoms with Gasteiger partial charge >= 0.3 is 0 Å². The van der Waals surface area contributed by atoms with E-state index in [-0.39, 0.29) is 5.91 Å². The van der Waals surface area contributed by atoms with Crippen molar-refractivity contribution in [2.45, 2.75) is 27.7 Å². The molecule has 0 bridgehead atoms. The smallest absolute Gasteiger partial charge is 0.274 e. The Morgan fingerprint density at radius 3 is 2.38 bits per heavy atom. The summed E-state index contributed by atoms with van der Waals surface area (Å²) in [5, 5.41) is 6.14. The van der Waals surface area contributed by atoms with E-state index in [0.29, 0.717) is 11.6 Å². The summed E-state index contributed by atoms with van der Waals surface area (Å²) in [6.07, 6.45) is 1.58. The molecule has 3 rings (SSSR count). The van der Waals surface area contributed by atoms with E-state index in [0.717, 1.165) is 33.6 Å². The molecule has 1 amide bonds. The highest BCUT2D eigenvalue weighted by Crippen LogP contribution is 2.21. The number of carbonyl (C=O) groups is 1. The van der Waals surface area contributed by atoms with Crippen LogP contribution in [0.15, 0.2) is 48.7 Å². The van der Waals surface area contributed by atoms with Crippen LogP contribution >= 0.6 is 0 Å². The molecule has 5 nitrogen and oxygen atoms in total. The lowest BCUT2D eigenvalue weighted by molar-refractivity contribution is 0.102. The minimum atomic E-state index is -0.256. The molecule has 0 aliphatic rings. The van der Waals surface area contributed by atoms with Crippen LogP contribution in [0.4, 0.5) is 17.3 Å². The molecule has 1 aromatic heterocycles. The molecule has 2 N–H and O–H groups in total. The number of para-hydroxylation sites is 1. The van der Waals surface area contributed by atoms with Crippen molar-refractivity contribution in [1.29, 1.82) is 0 Å². The molecular formula is C21H22N4O. The fourth-order valence-corrected chi connectivity index (χ4v) is 2.73. The van der Waals surface area contributed by atoms with Crippen LogP contribution in [0.5, 0.6) is 0 Å². The number of rotatable bonds is 4. The van der Waals surface area contributed by atoms with Crippen LogP contribution in [-0.2, 0) is 0 Å². The molecule has 0 saturated heterocycles. The monoisotopic (exact) mass is 346 g/mol. The molecule has 0 fully saturated rings. The van der Waals surface area contributed by atoms with Gasteiger partial charge in [-0.2, -0.15) is 0 Å². The maximum Gasteiger partial charge on any atom is 0.274 e. The van der Waals surface area contributed by atoms with Crippen LogP contribution < -0.4 is 10.6 Å². The van der Waals surface area contributed by atoms with Crippen LogP contribution in [0.3, 0.4) is 0 Å². The summed E-state index contributed by atoms with van der Waals surface area (Å²) in [7, 11) is 0. The zero-order chi connectivity index (χ0) is 18.7. The minimum Gasteiger partial charge on any atom is -0.324 e. The van der Waals surface area contributed by atoms with Crippen LogP contribution in [0.1, 0.15) is 32.7 Å². The van der Waals surface area contributed by atoms with Gasteiger partial charge in [0.15, 0.2) is 0 Å². The Morgan fingerprint density at radius 1 is 0.923 bits per heavy atom. The molecule has 2 aromatic carbocycles. The van der Waals surface area contributed by atoms with Gasteiger partial charge in [-0.05, 0) is 62.1 Å². The summed E-state index contributed by atoms with van der Waals surface area (Å²) >= 11 is 0. The fraction of sp³-hybridized carbons (Fsp3) is 0.190. The van der Waals surface area contributed by atoms with Gasteiger partial charge in [0.2, 0.25) is 5.95 Å². The lowest BCUT2D eigenvalue weighted by Gasteiger charge is -2.12. The molecular weight excluding hydrogens is 324 g/mol. The molecule has 0 atom stereocenters. The quantitative estimate of drug-likeness (QED) is 0.718. The van der Waals surface area contributed by atoms with E-state index in [1.165, 1.54) is 0 Å². The van der Waals surface area contributed by atoms with Gasteiger partial charge < -0.3 is 10.6 Å². The van der Waals surface area contributed by atoms with Crippen molar-refractivity contribution in [3.05, 3.63) is 76.6 Å². The van der Waals surface area contributed by atoms with Crippen LogP contribution in [0, 0.1) is 27.7 Å². The number of hydrogen-bond acceptors (Lipinski definition) is 4. The second kappa shape index (κ2) is 7.35. The van der Waals surface area contributed by atoms with Gasteiger partial charge in [0.25, 0.3) is 5.91 Å². The third-order valence-corrected chi connectivity index (χ3v) is 4.25. The number of aromatic nitrogens is 2. The SMILES string of the molecule is Cc1ccc(C)c(Nc2nccc(C(=O)Nc3c(C)cccc3C)n2)c1. The Morgan fingerprint density at radius 2 is 1.65 bits per heavy atom. The van der Waals surface area contributed by atoms with E-state index in [1.807, 2.05) is 58.0 Å². The van der Waals surface area contributed by atoms with Gasteiger partial charge in [-0.1, -0.05) is 30.3 Å². The molecule has 0 radical (unpaired) electrons. The normalized spacial score (nSPS) is 10.5. The molecule has 0 saturated carbocycles. The Kier molecular flexibility index (Phi) is 4.98. The van der Waals surface area contributed by atoms with Gasteiger partial charge in [0.05, 0.1) is 0 Å². The molecule has 132 valence electrons. The largest absolute Gasteiger partial charge is 0.324 e. The Bertz CT molecular complexity index is 946. The predicted molar refractivity (Wildman–Crippen MR) is 105 cm³/mol. The van der Waals surface area contributed by atoms with Crippen molar-refractivity contribution in [2.75, 3.05) is 10.6 Å². The Labute approximate surface area is 153 Å². The standard InChI is InChI=1S/C21H22N4O/c1-13-8-9-14(2)18(12-13)24-21-22-11-10-17(23-21)20(26)25-19-15(3)6-5-7-16(19)4/h5-12H,1-4H3,(H,25,26)(H,22,23,24). The molecule has 26 heavy (non-hydrogen) atoms. The summed E-state index contributed by atoms with van der Waals surface area (Å²) in [5.74, 6) is 0.140. The topological polar surface area (TPSA) is 66.9 Å². The lowest BCUT2D eigenvalue weighted by Crippen LogP contribution is -2.16. The first-order valence-corrected chi connectivity index (χ1v) is 8.49. The third-order valence-electron chi connectivity index (χ3n) is 4.25. The van der Waals surface area contributed by atoms with Crippen LogP contribution in [-0.4, -0.2) is 15.9 Å². The molecule has 3 aromatic rings. The summed E-state index contributed by atoms with van der Waals surface area (Å²) in [6, 6.07) is 13.6. The van der Waals surface area contributed by atoms with Crippen molar-refractivity contribution in [3.63, 3.8) is 0 Å². The van der Waals surface area contributed by atoms with Gasteiger partial charge in [0, 0.05) is 17.6 Å². The number of anilines is 3. The summed E-state index contributed by atoms with van der Waals surface area (Å²) in [5.41, 5.74) is 6.32. The highest BCUT2D eigenvalue weighted by atomic mass is 16.1. The van der Waals surface area contributed by atoms with Crippen molar-refractivity contribution < 1.29 is 4.79 Å². The number of amides is 1. The van der Waals surface area contributed by atoms with Crippen LogP contribution in [0.25, 0.3) is 0 Å². The van der Waals surface area contributed by atoms with Crippen molar-refractivity contribution in [1.82, 2.24) is 9.97 Å². The van der Waals surface area contributed by atoms with Crippen molar-refractivity contribution >= 4 is 23.2 Å². The zero-order valence-electron chi connectivity index (χ0n) is 15.4.